The van der Waals surface area contributed by atoms with E-state index in [2.05, 4.69) is 28.4 Å². The topological polar surface area (TPSA) is 229 Å². The second kappa shape index (κ2) is 35.6. The lowest BCUT2D eigenvalue weighted by Crippen LogP contribution is -2.09. The molecule has 0 saturated heterocycles. The first-order valence-corrected chi connectivity index (χ1v) is 15.4. The van der Waals surface area contributed by atoms with Crippen LogP contribution in [-0.4, -0.2) is 101 Å². The number of rotatable bonds is 10. The maximum Gasteiger partial charge on any atom is 0.338 e. The predicted octanol–water partition coefficient (Wildman–Crippen LogP) is 4.62. The van der Waals surface area contributed by atoms with Crippen LogP contribution >= 0.6 is 0 Å². The van der Waals surface area contributed by atoms with Gasteiger partial charge < -0.3 is 38.3 Å². The number of allylic oxidation sites excluding steroid dienone is 1. The molecule has 294 valence electrons. The molecule has 53 heavy (non-hydrogen) atoms. The Morgan fingerprint density at radius 2 is 1.00 bits per heavy atom. The average Bonchev–Trinajstić information content (AvgIpc) is 3.16. The van der Waals surface area contributed by atoms with E-state index in [1.165, 1.54) is 75.6 Å². The predicted molar refractivity (Wildman–Crippen MR) is 191 cm³/mol. The van der Waals surface area contributed by atoms with Crippen LogP contribution in [0.4, 0.5) is 0 Å². The number of hydrogen-bond acceptors (Lipinski definition) is 15. The molecule has 2 aromatic carbocycles. The molecular weight excluding hydrogens is 700 g/mol. The van der Waals surface area contributed by atoms with Gasteiger partial charge in [0.2, 0.25) is 0 Å². The van der Waals surface area contributed by atoms with Gasteiger partial charge in [0, 0.05) is 25.8 Å². The number of carbonyl (C=O) groups is 9. The lowest BCUT2D eigenvalue weighted by Gasteiger charge is -2.02. The highest BCUT2D eigenvalue weighted by molar-refractivity contribution is 6.02. The van der Waals surface area contributed by atoms with Crippen LogP contribution in [0.15, 0.2) is 66.7 Å². The molecule has 0 bridgehead atoms. The standard InChI is InChI=1S/C9H8O4.C8H8O2.C6H10O3.C6H8O3.C5H10O2.C3H6O2/c1-13-9(12)7-5-3-2-4-6(7)8(10)11;1-10-8(9)7-5-3-2-4-6-7;2*1-5(7)3-4-6(8)9-2;1-3-4-5(6)7-2;1-3(4)5-2/h2-5H,1H3,(H,10,11);2-6H,1H3;3-4H2,1-2H3;3-4H,1-2H3;3-4H2,1-2H3;1-2H3/b;;;4-3+;;. The summed E-state index contributed by atoms with van der Waals surface area (Å²) in [6.07, 6.45) is 4.13. The van der Waals surface area contributed by atoms with Crippen LogP contribution in [0.2, 0.25) is 0 Å². The quantitative estimate of drug-likeness (QED) is 0.198. The van der Waals surface area contributed by atoms with E-state index in [0.29, 0.717) is 12.0 Å². The average molecular weight is 751 g/mol. The highest BCUT2D eigenvalue weighted by atomic mass is 16.5. The van der Waals surface area contributed by atoms with E-state index in [0.717, 1.165) is 18.6 Å². The van der Waals surface area contributed by atoms with Crippen molar-refractivity contribution in [3.8, 4) is 0 Å². The summed E-state index contributed by atoms with van der Waals surface area (Å²) in [6.45, 7) is 6.11. The number of Topliss-reactive ketones (excluding diaryl/α,β-unsaturated/α-hetero) is 1. The summed E-state index contributed by atoms with van der Waals surface area (Å²) in [5.41, 5.74) is 0.608. The number of benzene rings is 2. The third kappa shape index (κ3) is 35.4. The zero-order valence-corrected chi connectivity index (χ0v) is 31.8. The van der Waals surface area contributed by atoms with Gasteiger partial charge in [-0.15, -0.1) is 0 Å². The number of carboxylic acids is 1. The van der Waals surface area contributed by atoms with Crippen molar-refractivity contribution in [1.29, 1.82) is 0 Å². The van der Waals surface area contributed by atoms with E-state index in [1.54, 1.807) is 36.4 Å². The molecule has 0 spiro atoms. The third-order valence-electron chi connectivity index (χ3n) is 5.29. The summed E-state index contributed by atoms with van der Waals surface area (Å²) in [5.74, 6) is -3.43. The van der Waals surface area contributed by atoms with Crippen molar-refractivity contribution < 1.29 is 76.7 Å². The molecule has 0 saturated carbocycles. The van der Waals surface area contributed by atoms with E-state index in [-0.39, 0.29) is 59.4 Å². The summed E-state index contributed by atoms with van der Waals surface area (Å²) >= 11 is 0. The van der Waals surface area contributed by atoms with Gasteiger partial charge >= 0.3 is 41.8 Å². The number of hydrogen-bond donors (Lipinski definition) is 1. The minimum Gasteiger partial charge on any atom is -0.478 e. The molecule has 0 aliphatic heterocycles. The Labute approximate surface area is 309 Å². The van der Waals surface area contributed by atoms with Crippen molar-refractivity contribution in [3.63, 3.8) is 0 Å². The van der Waals surface area contributed by atoms with Gasteiger partial charge in [0.25, 0.3) is 0 Å². The molecule has 0 heterocycles. The molecule has 16 nitrogen and oxygen atoms in total. The Morgan fingerprint density at radius 1 is 0.547 bits per heavy atom. The van der Waals surface area contributed by atoms with E-state index < -0.39 is 17.9 Å². The summed E-state index contributed by atoms with van der Waals surface area (Å²) in [5, 5.41) is 8.70. The van der Waals surface area contributed by atoms with Gasteiger partial charge in [0.1, 0.15) is 5.78 Å². The van der Waals surface area contributed by atoms with Crippen LogP contribution in [0.25, 0.3) is 0 Å². The summed E-state index contributed by atoms with van der Waals surface area (Å²) in [6, 6.07) is 14.8. The van der Waals surface area contributed by atoms with Gasteiger partial charge in [0.15, 0.2) is 5.78 Å². The van der Waals surface area contributed by atoms with Gasteiger partial charge in [-0.2, -0.15) is 0 Å². The Bertz CT molecular complexity index is 1450. The largest absolute Gasteiger partial charge is 0.478 e. The second-order valence-electron chi connectivity index (χ2n) is 9.47. The van der Waals surface area contributed by atoms with Crippen molar-refractivity contribution in [2.75, 3.05) is 42.7 Å². The molecule has 16 heteroatoms. The lowest BCUT2D eigenvalue weighted by molar-refractivity contribution is -0.142. The molecule has 0 aliphatic carbocycles. The van der Waals surface area contributed by atoms with Gasteiger partial charge in [-0.05, 0) is 50.6 Å². The fraction of sp³-hybridized carbons (Fsp3) is 0.378. The van der Waals surface area contributed by atoms with Crippen LogP contribution < -0.4 is 0 Å². The first kappa shape index (κ1) is 53.6. The van der Waals surface area contributed by atoms with Crippen molar-refractivity contribution in [2.24, 2.45) is 0 Å². The zero-order valence-electron chi connectivity index (χ0n) is 31.8. The molecule has 0 aromatic heterocycles. The first-order valence-electron chi connectivity index (χ1n) is 15.4. The zero-order chi connectivity index (χ0) is 41.8. The lowest BCUT2D eigenvalue weighted by atomic mass is 10.1. The number of ketones is 2. The second-order valence-corrected chi connectivity index (χ2v) is 9.47. The molecular formula is C37H50O16. The Balaban J connectivity index is -0.000000278. The van der Waals surface area contributed by atoms with Crippen molar-refractivity contribution >= 4 is 53.4 Å². The Hall–Kier alpha value is -6.19. The highest BCUT2D eigenvalue weighted by Gasteiger charge is 2.15. The number of carbonyl (C=O) groups excluding carboxylic acids is 8. The van der Waals surface area contributed by atoms with Crippen LogP contribution in [0.1, 0.15) is 84.5 Å². The normalized spacial score (nSPS) is 8.79. The fourth-order valence-corrected chi connectivity index (χ4v) is 2.59. The molecule has 0 atom stereocenters. The Kier molecular flexibility index (Phi) is 36.0. The minimum atomic E-state index is -1.14. The number of aromatic carboxylic acids is 1. The molecule has 0 radical (unpaired) electrons. The SMILES string of the molecule is CCCC(=O)OC.COC(=O)/C=C/C(C)=O.COC(=O)CCC(C)=O.COC(=O)c1ccccc1.COC(=O)c1ccccc1C(=O)O.COC(C)=O. The number of methoxy groups -OCH3 is 6. The molecule has 1 N–H and O–H groups in total. The number of esters is 6. The highest BCUT2D eigenvalue weighted by Crippen LogP contribution is 2.09. The summed E-state index contributed by atoms with van der Waals surface area (Å²) in [4.78, 5) is 93.3. The number of carboxylic acid groups (broad SMARTS) is 1. The van der Waals surface area contributed by atoms with Gasteiger partial charge in [-0.3, -0.25) is 19.2 Å². The summed E-state index contributed by atoms with van der Waals surface area (Å²) in [7, 11) is 7.89. The van der Waals surface area contributed by atoms with E-state index in [4.69, 9.17) is 5.11 Å². The molecule has 0 unspecified atom stereocenters. The first-order chi connectivity index (χ1) is 24.9. The van der Waals surface area contributed by atoms with Gasteiger partial charge in [-0.1, -0.05) is 37.3 Å². The van der Waals surface area contributed by atoms with E-state index in [9.17, 15) is 43.2 Å². The van der Waals surface area contributed by atoms with Crippen LogP contribution in [0.5, 0.6) is 0 Å². The molecule has 0 fully saturated rings. The van der Waals surface area contributed by atoms with Crippen LogP contribution in [0, 0.1) is 0 Å². The van der Waals surface area contributed by atoms with Crippen molar-refractivity contribution in [1.82, 2.24) is 0 Å². The minimum absolute atomic E-state index is 0.0143. The molecule has 0 aliphatic rings. The maximum atomic E-state index is 11.1. The van der Waals surface area contributed by atoms with Crippen LogP contribution in [-0.2, 0) is 57.2 Å². The molecule has 0 amide bonds. The molecule has 2 aromatic rings. The van der Waals surface area contributed by atoms with Gasteiger partial charge in [0.05, 0.1) is 65.8 Å². The van der Waals surface area contributed by atoms with Gasteiger partial charge in [-0.25, -0.2) is 19.2 Å². The van der Waals surface area contributed by atoms with Crippen molar-refractivity contribution in [2.45, 2.75) is 53.4 Å². The summed E-state index contributed by atoms with van der Waals surface area (Å²) < 4.78 is 25.9. The van der Waals surface area contributed by atoms with Crippen molar-refractivity contribution in [3.05, 3.63) is 83.4 Å². The monoisotopic (exact) mass is 750 g/mol. The maximum absolute atomic E-state index is 11.1. The fourth-order valence-electron chi connectivity index (χ4n) is 2.59. The number of ether oxygens (including phenoxy) is 6. The molecule has 2 rings (SSSR count). The van der Waals surface area contributed by atoms with Crippen LogP contribution in [0.3, 0.4) is 0 Å². The van der Waals surface area contributed by atoms with E-state index >= 15 is 0 Å². The van der Waals surface area contributed by atoms with E-state index in [1.807, 2.05) is 13.0 Å². The Morgan fingerprint density at radius 3 is 1.34 bits per heavy atom. The third-order valence-corrected chi connectivity index (χ3v) is 5.29. The smallest absolute Gasteiger partial charge is 0.338 e.